The van der Waals surface area contributed by atoms with Gasteiger partial charge in [0.05, 0.1) is 12.3 Å². The zero-order chi connectivity index (χ0) is 18.4. The number of halogens is 1. The number of aliphatic hydroxyl groups excluding tert-OH is 1. The zero-order valence-corrected chi connectivity index (χ0v) is 15.1. The maximum absolute atomic E-state index is 13.9. The van der Waals surface area contributed by atoms with Crippen LogP contribution in [0.25, 0.3) is 0 Å². The first-order chi connectivity index (χ1) is 11.6. The second-order valence-electron chi connectivity index (χ2n) is 8.06. The van der Waals surface area contributed by atoms with E-state index in [0.29, 0.717) is 26.1 Å². The summed E-state index contributed by atoms with van der Waals surface area (Å²) in [6.07, 6.45) is 2.86. The van der Waals surface area contributed by atoms with Gasteiger partial charge in [-0.2, -0.15) is 5.10 Å². The quantitative estimate of drug-likeness (QED) is 0.689. The lowest BCUT2D eigenvalue weighted by atomic mass is 9.54. The zero-order valence-electron chi connectivity index (χ0n) is 15.1. The fourth-order valence-corrected chi connectivity index (χ4v) is 3.86. The smallest absolute Gasteiger partial charge is 0.240 e. The molecule has 2 fully saturated rings. The van der Waals surface area contributed by atoms with E-state index in [1.165, 1.54) is 0 Å². The minimum Gasteiger partial charge on any atom is -0.392 e. The number of nitrogens with zero attached hydrogens (tertiary/aromatic N) is 3. The molecule has 1 saturated heterocycles. The second kappa shape index (κ2) is 6.34. The normalized spacial score (nSPS) is 34.7. The fourth-order valence-electron chi connectivity index (χ4n) is 3.86. The Balaban J connectivity index is 1.58. The van der Waals surface area contributed by atoms with Crippen LogP contribution < -0.4 is 11.1 Å². The van der Waals surface area contributed by atoms with E-state index in [-0.39, 0.29) is 18.4 Å². The van der Waals surface area contributed by atoms with Crippen molar-refractivity contribution in [3.8, 4) is 0 Å². The van der Waals surface area contributed by atoms with Gasteiger partial charge in [0, 0.05) is 56.3 Å². The highest BCUT2D eigenvalue weighted by Crippen LogP contribution is 2.48. The highest BCUT2D eigenvalue weighted by atomic mass is 19.1. The summed E-state index contributed by atoms with van der Waals surface area (Å²) in [4.78, 5) is 14.6. The van der Waals surface area contributed by atoms with E-state index in [1.54, 1.807) is 24.7 Å². The van der Waals surface area contributed by atoms with Gasteiger partial charge in [-0.05, 0) is 6.42 Å². The molecule has 0 unspecified atom stereocenters. The summed E-state index contributed by atoms with van der Waals surface area (Å²) < 4.78 is 15.6. The first-order valence-corrected chi connectivity index (χ1v) is 8.74. The van der Waals surface area contributed by atoms with E-state index >= 15 is 0 Å². The number of likely N-dealkylation sites (tertiary alicyclic amines) is 1. The van der Waals surface area contributed by atoms with Gasteiger partial charge in [0.25, 0.3) is 0 Å². The lowest BCUT2D eigenvalue weighted by Crippen LogP contribution is -2.75. The molecular formula is C17H28FN5O2. The highest BCUT2D eigenvalue weighted by Gasteiger charge is 2.61. The molecule has 1 saturated carbocycles. The molecule has 2 heterocycles. The summed E-state index contributed by atoms with van der Waals surface area (Å²) in [6.45, 7) is 4.90. The summed E-state index contributed by atoms with van der Waals surface area (Å²) in [5.74, 6) is -0.272. The number of alkyl halides is 1. The molecule has 4 N–H and O–H groups in total. The van der Waals surface area contributed by atoms with Gasteiger partial charge in [0.2, 0.25) is 5.91 Å². The fraction of sp³-hybridized carbons (Fsp3) is 0.765. The molecule has 2 aliphatic rings. The van der Waals surface area contributed by atoms with Crippen LogP contribution >= 0.6 is 0 Å². The molecule has 0 radical (unpaired) electrons. The van der Waals surface area contributed by atoms with E-state index in [9.17, 15) is 14.3 Å². The van der Waals surface area contributed by atoms with E-state index in [4.69, 9.17) is 5.73 Å². The molecule has 1 aliphatic heterocycles. The summed E-state index contributed by atoms with van der Waals surface area (Å²) in [6, 6.07) is -0.0733. The van der Waals surface area contributed by atoms with Gasteiger partial charge < -0.3 is 16.2 Å². The molecule has 0 aromatic carbocycles. The molecule has 7 nitrogen and oxygen atoms in total. The molecule has 1 aromatic heterocycles. The number of rotatable bonds is 5. The highest BCUT2D eigenvalue weighted by molar-refractivity contribution is 5.88. The van der Waals surface area contributed by atoms with Crippen LogP contribution in [0.3, 0.4) is 0 Å². The molecule has 25 heavy (non-hydrogen) atoms. The molecule has 0 spiro atoms. The first kappa shape index (κ1) is 18.3. The van der Waals surface area contributed by atoms with Crippen molar-refractivity contribution in [1.29, 1.82) is 0 Å². The Bertz CT molecular complexity index is 649. The van der Waals surface area contributed by atoms with Gasteiger partial charge in [-0.1, -0.05) is 13.8 Å². The summed E-state index contributed by atoms with van der Waals surface area (Å²) in [5.41, 5.74) is 5.50. The van der Waals surface area contributed by atoms with Gasteiger partial charge >= 0.3 is 0 Å². The summed E-state index contributed by atoms with van der Waals surface area (Å²) in [5, 5.41) is 16.9. The Hall–Kier alpha value is -1.51. The number of aromatic nitrogens is 2. The van der Waals surface area contributed by atoms with Crippen LogP contribution in [0.4, 0.5) is 4.39 Å². The molecule has 1 aromatic rings. The predicted molar refractivity (Wildman–Crippen MR) is 91.3 cm³/mol. The molecule has 4 atom stereocenters. The SMILES string of the molecule is Cn1cc(CN2C[C@@H](F)C[C@H]2CNC(=O)[C@@]2(N)C[C@H](O)C2(C)C)cn1. The van der Waals surface area contributed by atoms with E-state index in [0.717, 1.165) is 5.56 Å². The molecule has 1 amide bonds. The van der Waals surface area contributed by atoms with Crippen LogP contribution in [0, 0.1) is 5.41 Å². The Morgan fingerprint density at radius 3 is 2.84 bits per heavy atom. The van der Waals surface area contributed by atoms with E-state index in [2.05, 4.69) is 10.4 Å². The molecule has 140 valence electrons. The van der Waals surface area contributed by atoms with Crippen LogP contribution in [0.2, 0.25) is 0 Å². The Labute approximate surface area is 147 Å². The van der Waals surface area contributed by atoms with E-state index in [1.807, 2.05) is 18.1 Å². The lowest BCUT2D eigenvalue weighted by Gasteiger charge is -2.55. The van der Waals surface area contributed by atoms with Crippen LogP contribution in [0.5, 0.6) is 0 Å². The van der Waals surface area contributed by atoms with Crippen LogP contribution in [-0.4, -0.2) is 62.6 Å². The number of aliphatic hydroxyl groups is 1. The molecule has 1 aliphatic carbocycles. The number of aryl methyl sites for hydroxylation is 1. The maximum Gasteiger partial charge on any atom is 0.240 e. The molecule has 0 bridgehead atoms. The van der Waals surface area contributed by atoms with Crippen molar-refractivity contribution < 1.29 is 14.3 Å². The van der Waals surface area contributed by atoms with Gasteiger partial charge in [-0.25, -0.2) is 4.39 Å². The summed E-state index contributed by atoms with van der Waals surface area (Å²) in [7, 11) is 1.85. The van der Waals surface area contributed by atoms with Crippen molar-refractivity contribution >= 4 is 5.91 Å². The number of amides is 1. The van der Waals surface area contributed by atoms with Crippen LogP contribution in [-0.2, 0) is 18.4 Å². The number of nitrogens with two attached hydrogens (primary N) is 1. The molecule has 8 heteroatoms. The van der Waals surface area contributed by atoms with Crippen molar-refractivity contribution in [3.05, 3.63) is 18.0 Å². The van der Waals surface area contributed by atoms with Crippen molar-refractivity contribution in [3.63, 3.8) is 0 Å². The third-order valence-electron chi connectivity index (χ3n) is 6.02. The average molecular weight is 353 g/mol. The maximum atomic E-state index is 13.9. The number of nitrogens with one attached hydrogen (secondary N) is 1. The molecular weight excluding hydrogens is 325 g/mol. The van der Waals surface area contributed by atoms with Crippen molar-refractivity contribution in [2.24, 2.45) is 18.2 Å². The Morgan fingerprint density at radius 1 is 1.56 bits per heavy atom. The average Bonchev–Trinajstić information content (AvgIpc) is 3.10. The third kappa shape index (κ3) is 3.18. The summed E-state index contributed by atoms with van der Waals surface area (Å²) >= 11 is 0. The third-order valence-corrected chi connectivity index (χ3v) is 6.02. The second-order valence-corrected chi connectivity index (χ2v) is 8.06. The van der Waals surface area contributed by atoms with Gasteiger partial charge in [-0.15, -0.1) is 0 Å². The largest absolute Gasteiger partial charge is 0.392 e. The van der Waals surface area contributed by atoms with Crippen LogP contribution in [0.15, 0.2) is 12.4 Å². The minimum absolute atomic E-state index is 0.0733. The van der Waals surface area contributed by atoms with Crippen molar-refractivity contribution in [1.82, 2.24) is 20.0 Å². The standard InChI is InChI=1S/C17H28FN5O2/c1-16(2)14(24)5-17(16,19)15(25)20-7-13-4-12(18)10-23(13)9-11-6-21-22(3)8-11/h6,8,12-14,24H,4-5,7,9-10,19H2,1-3H3,(H,20,25)/t12-,13-,14-,17-/m0/s1. The van der Waals surface area contributed by atoms with Crippen LogP contribution in [0.1, 0.15) is 32.3 Å². The Kier molecular flexibility index (Phi) is 4.63. The number of carbonyl (C=O) groups is 1. The Morgan fingerprint density at radius 2 is 2.28 bits per heavy atom. The van der Waals surface area contributed by atoms with Gasteiger partial charge in [0.1, 0.15) is 11.7 Å². The van der Waals surface area contributed by atoms with E-state index < -0.39 is 23.2 Å². The predicted octanol–water partition coefficient (Wildman–Crippen LogP) is -0.0630. The van der Waals surface area contributed by atoms with Gasteiger partial charge in [-0.3, -0.25) is 14.4 Å². The van der Waals surface area contributed by atoms with Crippen molar-refractivity contribution in [2.75, 3.05) is 13.1 Å². The number of carbonyl (C=O) groups excluding carboxylic acids is 1. The van der Waals surface area contributed by atoms with Gasteiger partial charge in [0.15, 0.2) is 0 Å². The molecule has 3 rings (SSSR count). The number of hydrogen-bond acceptors (Lipinski definition) is 5. The lowest BCUT2D eigenvalue weighted by molar-refractivity contribution is -0.158. The van der Waals surface area contributed by atoms with Crippen molar-refractivity contribution in [2.45, 2.75) is 57.1 Å². The topological polar surface area (TPSA) is 96.4 Å². The minimum atomic E-state index is -1.08. The monoisotopic (exact) mass is 353 g/mol. The number of hydrogen-bond donors (Lipinski definition) is 3. The first-order valence-electron chi connectivity index (χ1n) is 8.74.